The van der Waals surface area contributed by atoms with Crippen LogP contribution >= 0.6 is 0 Å². The summed E-state index contributed by atoms with van der Waals surface area (Å²) in [7, 11) is 3.60. The van der Waals surface area contributed by atoms with Crippen molar-refractivity contribution in [3.8, 4) is 0 Å². The molecule has 2 bridgehead atoms. The molecule has 5 aliphatic carbocycles. The van der Waals surface area contributed by atoms with Crippen molar-refractivity contribution in [2.75, 3.05) is 79.1 Å². The highest BCUT2D eigenvalue weighted by Crippen LogP contribution is 2.68. The van der Waals surface area contributed by atoms with Crippen molar-refractivity contribution < 1.29 is 23.8 Å². The molecule has 6 atom stereocenters. The summed E-state index contributed by atoms with van der Waals surface area (Å²) in [6.07, 6.45) is 20.0. The summed E-state index contributed by atoms with van der Waals surface area (Å²) in [5.41, 5.74) is 18.3. The molecule has 2 fully saturated rings. The fraction of sp³-hybridized carbons (Fsp3) is 0.579. The quantitative estimate of drug-likeness (QED) is 0.0822. The van der Waals surface area contributed by atoms with Crippen molar-refractivity contribution in [1.82, 2.24) is 15.1 Å². The Hall–Kier alpha value is -3.93. The smallest absolute Gasteiger partial charge is 0.239 e. The van der Waals surface area contributed by atoms with Crippen LogP contribution in [0.4, 0.5) is 5.69 Å². The van der Waals surface area contributed by atoms with E-state index in [1.807, 2.05) is 13.1 Å². The van der Waals surface area contributed by atoms with E-state index in [9.17, 15) is 9.59 Å². The van der Waals surface area contributed by atoms with E-state index in [-0.39, 0.29) is 29.3 Å². The van der Waals surface area contributed by atoms with Crippen molar-refractivity contribution in [3.63, 3.8) is 0 Å². The van der Waals surface area contributed by atoms with Crippen molar-refractivity contribution >= 4 is 17.5 Å². The molecule has 4 unspecified atom stereocenters. The third-order valence-corrected chi connectivity index (χ3v) is 11.4. The molecule has 1 aliphatic heterocycles. The second-order valence-corrected chi connectivity index (χ2v) is 14.1. The Kier molecular flexibility index (Phi) is 11.8. The number of rotatable bonds is 17. The van der Waals surface area contributed by atoms with Crippen LogP contribution in [0.3, 0.4) is 0 Å². The lowest BCUT2D eigenvalue weighted by Crippen LogP contribution is -2.59. The summed E-state index contributed by atoms with van der Waals surface area (Å²) < 4.78 is 17.0. The highest BCUT2D eigenvalue weighted by Gasteiger charge is 2.62. The van der Waals surface area contributed by atoms with Gasteiger partial charge in [-0.3, -0.25) is 9.59 Å². The Balaban J connectivity index is 0.888. The van der Waals surface area contributed by atoms with Crippen LogP contribution < -0.4 is 11.1 Å². The molecule has 1 heterocycles. The Morgan fingerprint density at radius 3 is 2.16 bits per heavy atom. The number of hydrogen-bond donors (Lipinski definition) is 2. The number of likely N-dealkylation sites (N-methyl/N-ethyl adjacent to an activating group) is 2. The first-order valence-corrected chi connectivity index (χ1v) is 17.9. The molecule has 12 nitrogen and oxygen atoms in total. The van der Waals surface area contributed by atoms with Crippen LogP contribution in [0.2, 0.25) is 0 Å². The van der Waals surface area contributed by atoms with Gasteiger partial charge in [0.1, 0.15) is 0 Å². The average molecular weight is 686 g/mol. The molecule has 1 saturated carbocycles. The maximum absolute atomic E-state index is 13.5. The Bertz CT molecular complexity index is 1520. The molecular weight excluding hydrogens is 634 g/mol. The predicted octanol–water partition coefficient (Wildman–Crippen LogP) is 4.12. The number of carbonyl (C=O) groups is 2. The topological polar surface area (TPSA) is 155 Å². The first kappa shape index (κ1) is 35.9. The summed E-state index contributed by atoms with van der Waals surface area (Å²) in [4.78, 5) is 32.3. The number of ether oxygens (including phenoxy) is 3. The first-order chi connectivity index (χ1) is 24.3. The van der Waals surface area contributed by atoms with Gasteiger partial charge in [0.25, 0.3) is 0 Å². The molecule has 50 heavy (non-hydrogen) atoms. The van der Waals surface area contributed by atoms with Gasteiger partial charge in [0.15, 0.2) is 0 Å². The van der Waals surface area contributed by atoms with Gasteiger partial charge < -0.3 is 35.1 Å². The van der Waals surface area contributed by atoms with Gasteiger partial charge >= 0.3 is 0 Å². The summed E-state index contributed by atoms with van der Waals surface area (Å²) in [6, 6.07) is 5.94. The third-order valence-electron chi connectivity index (χ3n) is 11.4. The van der Waals surface area contributed by atoms with Gasteiger partial charge in [-0.25, -0.2) is 0 Å². The molecule has 1 aromatic rings. The minimum atomic E-state index is -0.327. The van der Waals surface area contributed by atoms with Gasteiger partial charge in [-0.2, -0.15) is 0 Å². The number of hydrogen-bond acceptors (Lipinski definition) is 8. The molecule has 12 heteroatoms. The second kappa shape index (κ2) is 16.4. The minimum absolute atomic E-state index is 0.0300. The summed E-state index contributed by atoms with van der Waals surface area (Å²) >= 11 is 0. The van der Waals surface area contributed by atoms with E-state index in [0.29, 0.717) is 102 Å². The zero-order valence-corrected chi connectivity index (χ0v) is 29.2. The lowest BCUT2D eigenvalue weighted by molar-refractivity contribution is -0.132. The molecule has 1 aromatic carbocycles. The maximum Gasteiger partial charge on any atom is 0.239 e. The van der Waals surface area contributed by atoms with E-state index in [4.69, 9.17) is 25.5 Å². The van der Waals surface area contributed by atoms with E-state index in [2.05, 4.69) is 76.1 Å². The zero-order valence-electron chi connectivity index (χ0n) is 29.2. The predicted molar refractivity (Wildman–Crippen MR) is 192 cm³/mol. The highest BCUT2D eigenvalue weighted by atomic mass is 16.5. The standard InChI is InChI=1S/C38H51N7O5/c1-44(15-17-48-19-21-50-22-20-49-18-16-45(2)37(47)34-24-27(25-41-34)42-43-40)35(46)13-14-38-31-9-5-3-7-28(31)36(29-8-4-6-10-32(29)38)30-12-11-26(39)23-33(30)38/h3-12,23,27-29,31-32,34,36,41H,13-22,24-25,39H2,1-2H3/t27-,28?,29?,31?,32?,34-,36?,38?/m0/s1. The Morgan fingerprint density at radius 1 is 0.920 bits per heavy atom. The van der Waals surface area contributed by atoms with Crippen molar-refractivity contribution in [2.24, 2.45) is 28.8 Å². The van der Waals surface area contributed by atoms with Gasteiger partial charge in [0, 0.05) is 56.2 Å². The Labute approximate surface area is 295 Å². The van der Waals surface area contributed by atoms with Crippen molar-refractivity contribution in [1.29, 1.82) is 0 Å². The number of nitrogens with one attached hydrogen (secondary N) is 1. The van der Waals surface area contributed by atoms with Crippen LogP contribution in [0.1, 0.15) is 36.3 Å². The summed E-state index contributed by atoms with van der Waals surface area (Å²) in [5.74, 6) is 1.95. The van der Waals surface area contributed by atoms with Gasteiger partial charge in [0.05, 0.1) is 51.7 Å². The van der Waals surface area contributed by atoms with Gasteiger partial charge in [-0.15, -0.1) is 0 Å². The van der Waals surface area contributed by atoms with Crippen molar-refractivity contribution in [3.05, 3.63) is 88.4 Å². The Morgan fingerprint density at radius 2 is 1.52 bits per heavy atom. The number of carbonyl (C=O) groups excluding carboxylic acids is 2. The summed E-state index contributed by atoms with van der Waals surface area (Å²) in [5, 5.41) is 6.80. The van der Waals surface area contributed by atoms with E-state index < -0.39 is 0 Å². The molecule has 6 aliphatic rings. The van der Waals surface area contributed by atoms with Gasteiger partial charge in [-0.1, -0.05) is 59.8 Å². The molecule has 268 valence electrons. The number of allylic oxidation sites excluding steroid dienone is 8. The monoisotopic (exact) mass is 685 g/mol. The van der Waals surface area contributed by atoms with Crippen LogP contribution in [0.5, 0.6) is 0 Å². The number of azide groups is 1. The highest BCUT2D eigenvalue weighted by molar-refractivity contribution is 5.82. The molecule has 1 saturated heterocycles. The number of amides is 2. The van der Waals surface area contributed by atoms with E-state index in [0.717, 1.165) is 12.1 Å². The number of nitrogens with two attached hydrogens (primary N) is 1. The SMILES string of the molecule is CN(CCOCCOCCOCCN(C)C(=O)[C@@H]1C[C@H](N=[N+]=[N-])CN1)C(=O)CCC12c3cc(N)ccc3C(C3C=CC=CC31)C1C=CC=CC12. The van der Waals surface area contributed by atoms with Crippen molar-refractivity contribution in [2.45, 2.75) is 42.7 Å². The molecule has 3 N–H and O–H groups in total. The molecule has 0 radical (unpaired) electrons. The van der Waals surface area contributed by atoms with Gasteiger partial charge in [-0.05, 0) is 71.2 Å². The minimum Gasteiger partial charge on any atom is -0.399 e. The lowest BCUT2D eigenvalue weighted by Gasteiger charge is -2.63. The molecule has 2 amide bonds. The normalized spacial score (nSPS) is 29.6. The fourth-order valence-electron chi connectivity index (χ4n) is 8.97. The second-order valence-electron chi connectivity index (χ2n) is 14.1. The van der Waals surface area contributed by atoms with Crippen LogP contribution in [0.15, 0.2) is 71.9 Å². The maximum atomic E-state index is 13.5. The lowest BCUT2D eigenvalue weighted by atomic mass is 9.39. The average Bonchev–Trinajstić information content (AvgIpc) is 3.61. The number of nitrogens with zero attached hydrogens (tertiary/aromatic N) is 5. The molecule has 0 aromatic heterocycles. The first-order valence-electron chi connectivity index (χ1n) is 17.9. The molecule has 0 spiro atoms. The van der Waals surface area contributed by atoms with Crippen LogP contribution in [-0.2, 0) is 29.2 Å². The molecular formula is C38H51N7O5. The largest absolute Gasteiger partial charge is 0.399 e. The van der Waals surface area contributed by atoms with E-state index >= 15 is 0 Å². The number of benzene rings is 1. The zero-order chi connectivity index (χ0) is 35.1. The number of nitrogen functional groups attached to an aromatic ring is 1. The number of anilines is 1. The summed E-state index contributed by atoms with van der Waals surface area (Å²) in [6.45, 7) is 4.04. The van der Waals surface area contributed by atoms with E-state index in [1.165, 1.54) is 11.1 Å². The van der Waals surface area contributed by atoms with Crippen LogP contribution in [0.25, 0.3) is 10.4 Å². The van der Waals surface area contributed by atoms with Crippen LogP contribution in [-0.4, -0.2) is 107 Å². The molecule has 7 rings (SSSR count). The van der Waals surface area contributed by atoms with Crippen LogP contribution in [0, 0.1) is 23.7 Å². The van der Waals surface area contributed by atoms with E-state index in [1.54, 1.807) is 16.8 Å². The fourth-order valence-corrected chi connectivity index (χ4v) is 8.97. The van der Waals surface area contributed by atoms with Gasteiger partial charge in [0.2, 0.25) is 11.8 Å². The third kappa shape index (κ3) is 7.41.